The number of benzene rings is 1. The van der Waals surface area contributed by atoms with Crippen LogP contribution in [0.3, 0.4) is 0 Å². The van der Waals surface area contributed by atoms with Crippen LogP contribution < -0.4 is 5.32 Å². The highest BCUT2D eigenvalue weighted by atomic mass is 35.5. The van der Waals surface area contributed by atoms with Crippen molar-refractivity contribution in [3.8, 4) is 0 Å². The van der Waals surface area contributed by atoms with Gasteiger partial charge in [0.1, 0.15) is 0 Å². The van der Waals surface area contributed by atoms with E-state index < -0.39 is 0 Å². The molecule has 0 saturated heterocycles. The predicted octanol–water partition coefficient (Wildman–Crippen LogP) is 5.59. The maximum atomic E-state index is 6.25. The van der Waals surface area contributed by atoms with Gasteiger partial charge < -0.3 is 5.32 Å². The fourth-order valence-electron chi connectivity index (χ4n) is 4.81. The lowest BCUT2D eigenvalue weighted by Gasteiger charge is -2.57. The third-order valence-electron chi connectivity index (χ3n) is 5.64. The molecular formula is C18H25Cl2N. The largest absolute Gasteiger partial charge is 0.319 e. The number of hydrogen-bond donors (Lipinski definition) is 1. The number of rotatable bonds is 3. The van der Waals surface area contributed by atoms with Gasteiger partial charge in [0, 0.05) is 12.0 Å². The molecule has 2 fully saturated rings. The van der Waals surface area contributed by atoms with E-state index in [2.05, 4.69) is 24.5 Å². The SMILES string of the molecule is CNCC1(c2ccc(Cl)c(Cl)c2)CC2(CCCCCC2)C1. The minimum atomic E-state index is 0.257. The van der Waals surface area contributed by atoms with Crippen LogP contribution in [0, 0.1) is 5.41 Å². The summed E-state index contributed by atoms with van der Waals surface area (Å²) in [4.78, 5) is 0. The van der Waals surface area contributed by atoms with Crippen molar-refractivity contribution in [1.82, 2.24) is 5.32 Å². The van der Waals surface area contributed by atoms with E-state index in [4.69, 9.17) is 23.2 Å². The standard InChI is InChI=1S/C18H25Cl2N/c1-21-13-18(14-6-7-15(19)16(20)10-14)11-17(12-18)8-4-2-3-5-9-17/h6-7,10,21H,2-5,8-9,11-13H2,1H3. The highest BCUT2D eigenvalue weighted by Gasteiger charge is 2.54. The number of halogens is 2. The molecule has 1 aromatic carbocycles. The number of nitrogens with one attached hydrogen (secondary N) is 1. The quantitative estimate of drug-likeness (QED) is 0.764. The average molecular weight is 326 g/mol. The maximum Gasteiger partial charge on any atom is 0.0595 e. The molecule has 1 nitrogen and oxygen atoms in total. The molecule has 0 unspecified atom stereocenters. The fraction of sp³-hybridized carbons (Fsp3) is 0.667. The molecule has 1 spiro atoms. The van der Waals surface area contributed by atoms with E-state index in [1.54, 1.807) is 0 Å². The Morgan fingerprint density at radius 3 is 2.24 bits per heavy atom. The maximum absolute atomic E-state index is 6.25. The second-order valence-electron chi connectivity index (χ2n) is 7.21. The van der Waals surface area contributed by atoms with E-state index in [0.29, 0.717) is 15.5 Å². The van der Waals surface area contributed by atoms with Gasteiger partial charge in [-0.1, -0.05) is 55.0 Å². The Kier molecular flexibility index (Phi) is 4.55. The summed E-state index contributed by atoms with van der Waals surface area (Å²) >= 11 is 12.3. The molecule has 21 heavy (non-hydrogen) atoms. The smallest absolute Gasteiger partial charge is 0.0595 e. The summed E-state index contributed by atoms with van der Waals surface area (Å²) in [6.45, 7) is 1.03. The van der Waals surface area contributed by atoms with Gasteiger partial charge in [-0.25, -0.2) is 0 Å². The zero-order chi connectivity index (χ0) is 14.9. The lowest BCUT2D eigenvalue weighted by Crippen LogP contribution is -2.54. The summed E-state index contributed by atoms with van der Waals surface area (Å²) in [5.41, 5.74) is 2.22. The molecule has 2 aliphatic rings. The summed E-state index contributed by atoms with van der Waals surface area (Å²) in [5.74, 6) is 0. The summed E-state index contributed by atoms with van der Waals surface area (Å²) in [6.07, 6.45) is 11.1. The van der Waals surface area contributed by atoms with Crippen LogP contribution in [0.5, 0.6) is 0 Å². The molecule has 1 N–H and O–H groups in total. The minimum Gasteiger partial charge on any atom is -0.319 e. The number of hydrogen-bond acceptors (Lipinski definition) is 1. The molecule has 0 radical (unpaired) electrons. The van der Waals surface area contributed by atoms with Crippen LogP contribution in [0.15, 0.2) is 18.2 Å². The molecule has 1 aromatic rings. The van der Waals surface area contributed by atoms with Crippen molar-refractivity contribution in [3.63, 3.8) is 0 Å². The molecule has 3 rings (SSSR count). The zero-order valence-corrected chi connectivity index (χ0v) is 14.4. The van der Waals surface area contributed by atoms with E-state index in [0.717, 1.165) is 6.54 Å². The van der Waals surface area contributed by atoms with Gasteiger partial charge in [0.05, 0.1) is 10.0 Å². The molecule has 2 saturated carbocycles. The van der Waals surface area contributed by atoms with Crippen LogP contribution in [0.1, 0.15) is 56.9 Å². The van der Waals surface area contributed by atoms with Crippen LogP contribution in [-0.2, 0) is 5.41 Å². The van der Waals surface area contributed by atoms with Gasteiger partial charge in [-0.3, -0.25) is 0 Å². The molecule has 0 heterocycles. The van der Waals surface area contributed by atoms with Gasteiger partial charge in [0.2, 0.25) is 0 Å². The highest BCUT2D eigenvalue weighted by Crippen LogP contribution is 2.61. The van der Waals surface area contributed by atoms with E-state index in [1.165, 1.54) is 56.9 Å². The van der Waals surface area contributed by atoms with Crippen LogP contribution >= 0.6 is 23.2 Å². The molecule has 0 bridgehead atoms. The molecule has 2 aliphatic carbocycles. The molecule has 0 aromatic heterocycles. The Bertz CT molecular complexity index is 496. The third-order valence-corrected chi connectivity index (χ3v) is 6.38. The second-order valence-corrected chi connectivity index (χ2v) is 8.02. The van der Waals surface area contributed by atoms with Crippen molar-refractivity contribution in [2.24, 2.45) is 5.41 Å². The van der Waals surface area contributed by atoms with Gasteiger partial charge in [0.15, 0.2) is 0 Å². The lowest BCUT2D eigenvalue weighted by molar-refractivity contribution is 0.00722. The lowest BCUT2D eigenvalue weighted by atomic mass is 9.48. The topological polar surface area (TPSA) is 12.0 Å². The van der Waals surface area contributed by atoms with Crippen LogP contribution in [0.4, 0.5) is 0 Å². The predicted molar refractivity (Wildman–Crippen MR) is 91.4 cm³/mol. The van der Waals surface area contributed by atoms with Crippen molar-refractivity contribution in [2.75, 3.05) is 13.6 Å². The van der Waals surface area contributed by atoms with Crippen molar-refractivity contribution in [1.29, 1.82) is 0 Å². The third kappa shape index (κ3) is 2.98. The Hall–Kier alpha value is -0.240. The molecule has 0 atom stereocenters. The minimum absolute atomic E-state index is 0.257. The van der Waals surface area contributed by atoms with Crippen molar-refractivity contribution >= 4 is 23.2 Å². The first-order valence-corrected chi connectivity index (χ1v) is 8.95. The summed E-state index contributed by atoms with van der Waals surface area (Å²) in [7, 11) is 2.05. The van der Waals surface area contributed by atoms with Crippen molar-refractivity contribution < 1.29 is 0 Å². The molecule has 0 amide bonds. The van der Waals surface area contributed by atoms with Gasteiger partial charge in [0.25, 0.3) is 0 Å². The van der Waals surface area contributed by atoms with Gasteiger partial charge in [-0.15, -0.1) is 0 Å². The molecular weight excluding hydrogens is 301 g/mol. The zero-order valence-electron chi connectivity index (χ0n) is 12.9. The summed E-state index contributed by atoms with van der Waals surface area (Å²) < 4.78 is 0. The first-order valence-electron chi connectivity index (χ1n) is 8.19. The van der Waals surface area contributed by atoms with E-state index in [1.807, 2.05) is 6.07 Å². The van der Waals surface area contributed by atoms with Crippen molar-refractivity contribution in [3.05, 3.63) is 33.8 Å². The molecule has 116 valence electrons. The van der Waals surface area contributed by atoms with Crippen LogP contribution in [0.2, 0.25) is 10.0 Å². The Labute approximate surface area is 138 Å². The summed E-state index contributed by atoms with van der Waals surface area (Å²) in [5, 5.41) is 4.75. The van der Waals surface area contributed by atoms with Crippen LogP contribution in [0.25, 0.3) is 0 Å². The summed E-state index contributed by atoms with van der Waals surface area (Å²) in [6, 6.07) is 6.22. The Balaban J connectivity index is 1.83. The Morgan fingerprint density at radius 1 is 1.00 bits per heavy atom. The monoisotopic (exact) mass is 325 g/mol. The van der Waals surface area contributed by atoms with Gasteiger partial charge in [-0.05, 0) is 55.8 Å². The van der Waals surface area contributed by atoms with Gasteiger partial charge >= 0.3 is 0 Å². The number of likely N-dealkylation sites (N-methyl/N-ethyl adjacent to an activating group) is 1. The first kappa shape index (κ1) is 15.6. The fourth-order valence-corrected chi connectivity index (χ4v) is 5.11. The average Bonchev–Trinajstić information content (AvgIpc) is 2.67. The Morgan fingerprint density at radius 2 is 1.67 bits per heavy atom. The highest BCUT2D eigenvalue weighted by molar-refractivity contribution is 6.42. The molecule has 0 aliphatic heterocycles. The van der Waals surface area contributed by atoms with E-state index >= 15 is 0 Å². The second kappa shape index (κ2) is 6.10. The van der Waals surface area contributed by atoms with E-state index in [-0.39, 0.29) is 5.41 Å². The van der Waals surface area contributed by atoms with Crippen LogP contribution in [-0.4, -0.2) is 13.6 Å². The molecule has 3 heteroatoms. The normalized spacial score (nSPS) is 23.6. The first-order chi connectivity index (χ1) is 10.1. The van der Waals surface area contributed by atoms with Gasteiger partial charge in [-0.2, -0.15) is 0 Å². The van der Waals surface area contributed by atoms with E-state index in [9.17, 15) is 0 Å². The van der Waals surface area contributed by atoms with Crippen molar-refractivity contribution in [2.45, 2.75) is 56.8 Å².